The van der Waals surface area contributed by atoms with Crippen molar-refractivity contribution in [3.8, 4) is 5.88 Å². The van der Waals surface area contributed by atoms with Crippen LogP contribution in [0.3, 0.4) is 0 Å². The summed E-state index contributed by atoms with van der Waals surface area (Å²) in [6.45, 7) is 4.37. The van der Waals surface area contributed by atoms with E-state index >= 15 is 0 Å². The van der Waals surface area contributed by atoms with Gasteiger partial charge in [-0.1, -0.05) is 0 Å². The number of nitrogens with zero attached hydrogens (tertiary/aromatic N) is 3. The summed E-state index contributed by atoms with van der Waals surface area (Å²) in [6.07, 6.45) is 1.45. The second kappa shape index (κ2) is 3.01. The minimum absolute atomic E-state index is 0.563. The maximum atomic E-state index is 5.31. The minimum Gasteiger partial charge on any atom is -0.476 e. The fourth-order valence-corrected chi connectivity index (χ4v) is 1.17. The van der Waals surface area contributed by atoms with Gasteiger partial charge in [0.25, 0.3) is 0 Å². The van der Waals surface area contributed by atoms with E-state index < -0.39 is 0 Å². The summed E-state index contributed by atoms with van der Waals surface area (Å²) in [5.74, 6) is 1.38. The number of aromatic nitrogens is 4. The largest absolute Gasteiger partial charge is 0.476 e. The molecule has 0 aliphatic rings. The maximum absolute atomic E-state index is 5.31. The molecule has 5 nitrogen and oxygen atoms in total. The fourth-order valence-electron chi connectivity index (χ4n) is 1.17. The van der Waals surface area contributed by atoms with Gasteiger partial charge in [0.15, 0.2) is 5.65 Å². The highest BCUT2D eigenvalue weighted by atomic mass is 16.5. The number of fused-ring (bicyclic) bond motifs is 1. The van der Waals surface area contributed by atoms with E-state index in [0.29, 0.717) is 18.1 Å². The first-order chi connectivity index (χ1) is 6.31. The Balaban J connectivity index is 2.60. The van der Waals surface area contributed by atoms with Crippen LogP contribution in [-0.2, 0) is 0 Å². The molecule has 13 heavy (non-hydrogen) atoms. The molecule has 0 atom stereocenters. The van der Waals surface area contributed by atoms with Crippen molar-refractivity contribution in [3.05, 3.63) is 12.2 Å². The van der Waals surface area contributed by atoms with Crippen LogP contribution in [0.2, 0.25) is 0 Å². The lowest BCUT2D eigenvalue weighted by atomic mass is 10.5. The molecule has 0 spiro atoms. The summed E-state index contributed by atoms with van der Waals surface area (Å²) in [4.78, 5) is 15.2. The van der Waals surface area contributed by atoms with Gasteiger partial charge >= 0.3 is 0 Å². The van der Waals surface area contributed by atoms with Crippen LogP contribution >= 0.6 is 0 Å². The number of H-pyrrole nitrogens is 1. The van der Waals surface area contributed by atoms with Crippen LogP contribution in [0.5, 0.6) is 5.88 Å². The third-order valence-electron chi connectivity index (χ3n) is 1.65. The van der Waals surface area contributed by atoms with E-state index in [-0.39, 0.29) is 0 Å². The van der Waals surface area contributed by atoms with Crippen LogP contribution in [0.4, 0.5) is 0 Å². The Kier molecular flexibility index (Phi) is 1.84. The number of hydrogen-bond acceptors (Lipinski definition) is 4. The molecule has 1 N–H and O–H groups in total. The van der Waals surface area contributed by atoms with E-state index in [9.17, 15) is 0 Å². The predicted octanol–water partition coefficient (Wildman–Crippen LogP) is 1.06. The van der Waals surface area contributed by atoms with Crippen LogP contribution in [0, 0.1) is 6.92 Å². The molecule has 2 rings (SSSR count). The van der Waals surface area contributed by atoms with Crippen molar-refractivity contribution in [2.45, 2.75) is 13.8 Å². The van der Waals surface area contributed by atoms with Gasteiger partial charge in [0.1, 0.15) is 17.7 Å². The minimum atomic E-state index is 0.563. The third kappa shape index (κ3) is 1.32. The van der Waals surface area contributed by atoms with Crippen LogP contribution in [0.15, 0.2) is 6.33 Å². The molecular formula is C8H10N4O. The van der Waals surface area contributed by atoms with E-state index in [1.54, 1.807) is 0 Å². The fraction of sp³-hybridized carbons (Fsp3) is 0.375. The topological polar surface area (TPSA) is 63.7 Å². The maximum Gasteiger partial charge on any atom is 0.243 e. The summed E-state index contributed by atoms with van der Waals surface area (Å²) in [7, 11) is 0. The van der Waals surface area contributed by atoms with Gasteiger partial charge in [-0.25, -0.2) is 9.97 Å². The van der Waals surface area contributed by atoms with Gasteiger partial charge in [0, 0.05) is 0 Å². The van der Waals surface area contributed by atoms with Gasteiger partial charge in [0.05, 0.1) is 6.61 Å². The van der Waals surface area contributed by atoms with Gasteiger partial charge < -0.3 is 9.72 Å². The van der Waals surface area contributed by atoms with Gasteiger partial charge in [0.2, 0.25) is 5.88 Å². The third-order valence-corrected chi connectivity index (χ3v) is 1.65. The number of aryl methyl sites for hydroxylation is 1. The molecule has 0 unspecified atom stereocenters. The highest BCUT2D eigenvalue weighted by molar-refractivity contribution is 5.75. The summed E-state index contributed by atoms with van der Waals surface area (Å²) in [5, 5.41) is 0. The smallest absolute Gasteiger partial charge is 0.243 e. The number of imidazole rings is 1. The lowest BCUT2D eigenvalue weighted by Gasteiger charge is -2.00. The normalized spacial score (nSPS) is 10.6. The summed E-state index contributed by atoms with van der Waals surface area (Å²) in [5.41, 5.74) is 1.41. The number of hydrogen-bond donors (Lipinski definition) is 1. The summed E-state index contributed by atoms with van der Waals surface area (Å²) < 4.78 is 5.31. The molecule has 0 fully saturated rings. The average molecular weight is 178 g/mol. The zero-order valence-electron chi connectivity index (χ0n) is 7.53. The molecule has 0 radical (unpaired) electrons. The van der Waals surface area contributed by atoms with Crippen LogP contribution in [0.25, 0.3) is 11.2 Å². The number of aromatic amines is 1. The Labute approximate surface area is 75.2 Å². The standard InChI is InChI=1S/C8H10N4O/c1-3-13-8-6-7(9-4-10-8)12-5(2)11-6/h4H,3H2,1-2H3,(H,9,10,11,12). The molecular weight excluding hydrogens is 168 g/mol. The Morgan fingerprint density at radius 2 is 2.31 bits per heavy atom. The summed E-state index contributed by atoms with van der Waals surface area (Å²) in [6, 6.07) is 0. The molecule has 2 aromatic rings. The van der Waals surface area contributed by atoms with Gasteiger partial charge in [-0.05, 0) is 13.8 Å². The molecule has 0 saturated heterocycles. The zero-order valence-corrected chi connectivity index (χ0v) is 7.53. The van der Waals surface area contributed by atoms with Crippen LogP contribution in [0.1, 0.15) is 12.7 Å². The Bertz CT molecular complexity index is 423. The highest BCUT2D eigenvalue weighted by Gasteiger charge is 2.07. The van der Waals surface area contributed by atoms with E-state index in [0.717, 1.165) is 11.3 Å². The Morgan fingerprint density at radius 1 is 1.46 bits per heavy atom. The number of ether oxygens (including phenoxy) is 1. The monoisotopic (exact) mass is 178 g/mol. The first-order valence-electron chi connectivity index (χ1n) is 4.11. The summed E-state index contributed by atoms with van der Waals surface area (Å²) >= 11 is 0. The molecule has 5 heteroatoms. The van der Waals surface area contributed by atoms with Crippen molar-refractivity contribution >= 4 is 11.2 Å². The molecule has 68 valence electrons. The second-order valence-corrected chi connectivity index (χ2v) is 2.63. The molecule has 0 aliphatic carbocycles. The van der Waals surface area contributed by atoms with Crippen molar-refractivity contribution in [3.63, 3.8) is 0 Å². The highest BCUT2D eigenvalue weighted by Crippen LogP contribution is 2.17. The number of rotatable bonds is 2. The molecule has 0 aromatic carbocycles. The van der Waals surface area contributed by atoms with Gasteiger partial charge in [-0.2, -0.15) is 4.98 Å². The predicted molar refractivity (Wildman–Crippen MR) is 47.6 cm³/mol. The van der Waals surface area contributed by atoms with Gasteiger partial charge in [-0.15, -0.1) is 0 Å². The Hall–Kier alpha value is -1.65. The molecule has 2 heterocycles. The van der Waals surface area contributed by atoms with Crippen molar-refractivity contribution in [2.24, 2.45) is 0 Å². The van der Waals surface area contributed by atoms with Crippen LogP contribution in [-0.4, -0.2) is 26.5 Å². The molecule has 0 aliphatic heterocycles. The van der Waals surface area contributed by atoms with Crippen molar-refractivity contribution < 1.29 is 4.74 Å². The molecule has 0 amide bonds. The molecule has 0 saturated carbocycles. The van der Waals surface area contributed by atoms with Crippen molar-refractivity contribution in [1.82, 2.24) is 19.9 Å². The van der Waals surface area contributed by atoms with Crippen LogP contribution < -0.4 is 4.74 Å². The van der Waals surface area contributed by atoms with Gasteiger partial charge in [-0.3, -0.25) is 0 Å². The van der Waals surface area contributed by atoms with E-state index in [4.69, 9.17) is 4.74 Å². The molecule has 0 bridgehead atoms. The quantitative estimate of drug-likeness (QED) is 0.746. The molecule has 2 aromatic heterocycles. The lowest BCUT2D eigenvalue weighted by molar-refractivity contribution is 0.330. The SMILES string of the molecule is CCOc1ncnc2nc(C)[nH]c12. The Morgan fingerprint density at radius 3 is 3.08 bits per heavy atom. The van der Waals surface area contributed by atoms with E-state index in [1.807, 2.05) is 13.8 Å². The number of nitrogens with one attached hydrogen (secondary N) is 1. The van der Waals surface area contributed by atoms with Crippen molar-refractivity contribution in [2.75, 3.05) is 6.61 Å². The van der Waals surface area contributed by atoms with Crippen molar-refractivity contribution in [1.29, 1.82) is 0 Å². The van der Waals surface area contributed by atoms with E-state index in [2.05, 4.69) is 19.9 Å². The second-order valence-electron chi connectivity index (χ2n) is 2.63. The lowest BCUT2D eigenvalue weighted by Crippen LogP contribution is -1.95. The first kappa shape index (κ1) is 7.97. The average Bonchev–Trinajstić information content (AvgIpc) is 2.47. The first-order valence-corrected chi connectivity index (χ1v) is 4.11. The van der Waals surface area contributed by atoms with E-state index in [1.165, 1.54) is 6.33 Å². The zero-order chi connectivity index (χ0) is 9.26.